The van der Waals surface area contributed by atoms with Crippen LogP contribution >= 0.6 is 23.4 Å². The van der Waals surface area contributed by atoms with Gasteiger partial charge in [0.15, 0.2) is 0 Å². The molecule has 3 aromatic carbocycles. The summed E-state index contributed by atoms with van der Waals surface area (Å²) in [5.41, 5.74) is 2.38. The maximum atomic E-state index is 12.4. The van der Waals surface area contributed by atoms with E-state index in [1.54, 1.807) is 0 Å². The Balaban J connectivity index is 1.62. The van der Waals surface area contributed by atoms with Crippen molar-refractivity contribution in [3.05, 3.63) is 76.8 Å². The monoisotopic (exact) mass is 398 g/mol. The van der Waals surface area contributed by atoms with E-state index >= 15 is 0 Å². The third-order valence-electron chi connectivity index (χ3n) is 4.26. The Morgan fingerprint density at radius 2 is 1.70 bits per heavy atom. The van der Waals surface area contributed by atoms with Crippen LogP contribution in [-0.4, -0.2) is 30.7 Å². The van der Waals surface area contributed by atoms with Crippen molar-refractivity contribution < 1.29 is 4.79 Å². The Labute approximate surface area is 169 Å². The van der Waals surface area contributed by atoms with Gasteiger partial charge in [0, 0.05) is 28.4 Å². The maximum Gasteiger partial charge on any atom is 0.230 e. The van der Waals surface area contributed by atoms with Crippen molar-refractivity contribution in [1.82, 2.24) is 10.2 Å². The molecule has 0 heterocycles. The SMILES string of the molecule is CN(C)Cc1ccccc1CNC(=O)CSc1cccc2cccc(Cl)c12. The third kappa shape index (κ3) is 5.25. The molecule has 140 valence electrons. The summed E-state index contributed by atoms with van der Waals surface area (Å²) in [6.45, 7) is 1.40. The number of amides is 1. The Morgan fingerprint density at radius 1 is 1.00 bits per heavy atom. The number of nitrogens with one attached hydrogen (secondary N) is 1. The molecular weight excluding hydrogens is 376 g/mol. The minimum absolute atomic E-state index is 0.0173. The van der Waals surface area contributed by atoms with E-state index in [0.717, 1.165) is 27.8 Å². The highest BCUT2D eigenvalue weighted by atomic mass is 35.5. The second-order valence-corrected chi connectivity index (χ2v) is 8.09. The van der Waals surface area contributed by atoms with Crippen LogP contribution in [0, 0.1) is 0 Å². The van der Waals surface area contributed by atoms with E-state index in [-0.39, 0.29) is 5.91 Å². The number of fused-ring (bicyclic) bond motifs is 1. The van der Waals surface area contributed by atoms with Gasteiger partial charge in [-0.05, 0) is 42.7 Å². The molecule has 1 N–H and O–H groups in total. The number of halogens is 1. The molecule has 0 saturated carbocycles. The Morgan fingerprint density at radius 3 is 2.44 bits per heavy atom. The van der Waals surface area contributed by atoms with Gasteiger partial charge >= 0.3 is 0 Å². The largest absolute Gasteiger partial charge is 0.351 e. The van der Waals surface area contributed by atoms with Crippen LogP contribution in [0.3, 0.4) is 0 Å². The van der Waals surface area contributed by atoms with E-state index in [4.69, 9.17) is 11.6 Å². The zero-order chi connectivity index (χ0) is 19.2. The Hall–Kier alpha value is -2.01. The van der Waals surface area contributed by atoms with Crippen LogP contribution < -0.4 is 5.32 Å². The number of benzene rings is 3. The summed E-state index contributed by atoms with van der Waals surface area (Å²) < 4.78 is 0. The van der Waals surface area contributed by atoms with Crippen LogP contribution in [0.2, 0.25) is 5.02 Å². The number of rotatable bonds is 7. The number of nitrogens with zero attached hydrogens (tertiary/aromatic N) is 1. The van der Waals surface area contributed by atoms with Gasteiger partial charge in [-0.3, -0.25) is 4.79 Å². The summed E-state index contributed by atoms with van der Waals surface area (Å²) in [7, 11) is 4.09. The summed E-state index contributed by atoms with van der Waals surface area (Å²) in [4.78, 5) is 15.5. The molecule has 0 atom stereocenters. The summed E-state index contributed by atoms with van der Waals surface area (Å²) in [5, 5.41) is 5.85. The zero-order valence-corrected chi connectivity index (χ0v) is 17.1. The van der Waals surface area contributed by atoms with Crippen molar-refractivity contribution in [3.63, 3.8) is 0 Å². The van der Waals surface area contributed by atoms with Gasteiger partial charge in [-0.2, -0.15) is 0 Å². The van der Waals surface area contributed by atoms with Crippen LogP contribution in [-0.2, 0) is 17.9 Å². The molecule has 1 amide bonds. The van der Waals surface area contributed by atoms with Crippen molar-refractivity contribution in [3.8, 4) is 0 Å². The number of thioether (sulfide) groups is 1. The fourth-order valence-corrected chi connectivity index (χ4v) is 4.27. The third-order valence-corrected chi connectivity index (χ3v) is 5.63. The Kier molecular flexibility index (Phi) is 6.78. The van der Waals surface area contributed by atoms with E-state index in [1.165, 1.54) is 17.3 Å². The molecule has 0 fully saturated rings. The lowest BCUT2D eigenvalue weighted by atomic mass is 10.1. The number of carbonyl (C=O) groups excluding carboxylic acids is 1. The van der Waals surface area contributed by atoms with Crippen LogP contribution in [0.25, 0.3) is 10.8 Å². The standard InChI is InChI=1S/C22H23ClN2OS/c1-25(2)14-18-8-4-3-7-17(18)13-24-21(26)15-27-20-12-6-10-16-9-5-11-19(23)22(16)20/h3-12H,13-15H2,1-2H3,(H,24,26). The van der Waals surface area contributed by atoms with Gasteiger partial charge in [0.1, 0.15) is 0 Å². The van der Waals surface area contributed by atoms with Crippen LogP contribution in [0.15, 0.2) is 65.6 Å². The number of hydrogen-bond acceptors (Lipinski definition) is 3. The summed E-state index contributed by atoms with van der Waals surface area (Å²) in [6.07, 6.45) is 0. The first-order valence-corrected chi connectivity index (χ1v) is 10.2. The van der Waals surface area contributed by atoms with E-state index in [2.05, 4.69) is 22.3 Å². The summed E-state index contributed by atoms with van der Waals surface area (Å²) in [6, 6.07) is 20.1. The minimum Gasteiger partial charge on any atom is -0.351 e. The second-order valence-electron chi connectivity index (χ2n) is 6.67. The Bertz CT molecular complexity index is 937. The fourth-order valence-electron chi connectivity index (χ4n) is 3.00. The molecule has 0 aliphatic heterocycles. The van der Waals surface area contributed by atoms with Crippen molar-refractivity contribution in [2.45, 2.75) is 18.0 Å². The van der Waals surface area contributed by atoms with Crippen molar-refractivity contribution in [1.29, 1.82) is 0 Å². The first kappa shape index (κ1) is 19.7. The highest BCUT2D eigenvalue weighted by Crippen LogP contribution is 2.33. The molecule has 0 saturated heterocycles. The van der Waals surface area contributed by atoms with Gasteiger partial charge in [0.05, 0.1) is 5.75 Å². The lowest BCUT2D eigenvalue weighted by molar-refractivity contribution is -0.118. The highest BCUT2D eigenvalue weighted by molar-refractivity contribution is 8.00. The highest BCUT2D eigenvalue weighted by Gasteiger charge is 2.09. The van der Waals surface area contributed by atoms with Gasteiger partial charge in [-0.1, -0.05) is 60.1 Å². The first-order chi connectivity index (χ1) is 13.0. The second kappa shape index (κ2) is 9.27. The summed E-state index contributed by atoms with van der Waals surface area (Å²) >= 11 is 7.88. The normalized spacial score (nSPS) is 11.1. The number of carbonyl (C=O) groups is 1. The lowest BCUT2D eigenvalue weighted by Gasteiger charge is -2.14. The van der Waals surface area contributed by atoms with Crippen molar-refractivity contribution in [2.75, 3.05) is 19.8 Å². The fraction of sp³-hybridized carbons (Fsp3) is 0.227. The quantitative estimate of drug-likeness (QED) is 0.570. The molecule has 3 nitrogen and oxygen atoms in total. The molecule has 3 rings (SSSR count). The topological polar surface area (TPSA) is 32.3 Å². The molecule has 0 aromatic heterocycles. The van der Waals surface area contributed by atoms with Gasteiger partial charge < -0.3 is 10.2 Å². The van der Waals surface area contributed by atoms with Gasteiger partial charge in [-0.15, -0.1) is 11.8 Å². The molecule has 0 bridgehead atoms. The smallest absolute Gasteiger partial charge is 0.230 e. The molecule has 3 aromatic rings. The van der Waals surface area contributed by atoms with Gasteiger partial charge in [0.25, 0.3) is 0 Å². The lowest BCUT2D eigenvalue weighted by Crippen LogP contribution is -2.25. The summed E-state index contributed by atoms with van der Waals surface area (Å²) in [5.74, 6) is 0.379. The molecule has 5 heteroatoms. The molecule has 0 aliphatic carbocycles. The van der Waals surface area contributed by atoms with Crippen LogP contribution in [0.5, 0.6) is 0 Å². The minimum atomic E-state index is 0.0173. The zero-order valence-electron chi connectivity index (χ0n) is 15.5. The van der Waals surface area contributed by atoms with Crippen molar-refractivity contribution in [2.24, 2.45) is 0 Å². The molecule has 0 spiro atoms. The average Bonchev–Trinajstić information content (AvgIpc) is 2.65. The van der Waals surface area contributed by atoms with E-state index in [9.17, 15) is 4.79 Å². The van der Waals surface area contributed by atoms with E-state index in [1.807, 2.05) is 62.6 Å². The molecule has 0 radical (unpaired) electrons. The maximum absolute atomic E-state index is 12.4. The van der Waals surface area contributed by atoms with E-state index < -0.39 is 0 Å². The molecule has 0 unspecified atom stereocenters. The average molecular weight is 399 g/mol. The van der Waals surface area contributed by atoms with Gasteiger partial charge in [0.2, 0.25) is 5.91 Å². The predicted molar refractivity (Wildman–Crippen MR) is 115 cm³/mol. The van der Waals surface area contributed by atoms with E-state index in [0.29, 0.717) is 17.3 Å². The van der Waals surface area contributed by atoms with Crippen molar-refractivity contribution >= 4 is 40.0 Å². The van der Waals surface area contributed by atoms with Crippen LogP contribution in [0.1, 0.15) is 11.1 Å². The van der Waals surface area contributed by atoms with Crippen LogP contribution in [0.4, 0.5) is 0 Å². The first-order valence-electron chi connectivity index (χ1n) is 8.83. The molecule has 27 heavy (non-hydrogen) atoms. The number of hydrogen-bond donors (Lipinski definition) is 1. The predicted octanol–water partition coefficient (Wildman–Crippen LogP) is 4.96. The molecule has 0 aliphatic rings. The van der Waals surface area contributed by atoms with Gasteiger partial charge in [-0.25, -0.2) is 0 Å². The molecular formula is C22H23ClN2OS.